The van der Waals surface area contributed by atoms with Gasteiger partial charge in [0.2, 0.25) is 0 Å². The van der Waals surface area contributed by atoms with Crippen LogP contribution in [-0.2, 0) is 6.18 Å². The summed E-state index contributed by atoms with van der Waals surface area (Å²) in [6.07, 6.45) is -6.28. The number of aliphatic hydroxyl groups excluding tert-OH is 2. The summed E-state index contributed by atoms with van der Waals surface area (Å²) in [4.78, 5) is 0. The second kappa shape index (κ2) is 5.50. The van der Waals surface area contributed by atoms with Crippen molar-refractivity contribution in [1.82, 2.24) is 0 Å². The number of hydrogen-bond donors (Lipinski definition) is 4. The van der Waals surface area contributed by atoms with Crippen molar-refractivity contribution in [3.63, 3.8) is 0 Å². The second-order valence-corrected chi connectivity index (χ2v) is 9.24. The molecule has 4 rings (SSSR count). The van der Waals surface area contributed by atoms with Crippen molar-refractivity contribution < 1.29 is 32.5 Å². The zero-order valence-corrected chi connectivity index (χ0v) is 14.2. The zero-order valence-electron chi connectivity index (χ0n) is 13.3. The Morgan fingerprint density at radius 2 is 1.77 bits per heavy atom. The van der Waals surface area contributed by atoms with Crippen LogP contribution < -0.4 is 4.31 Å². The molecule has 10 heteroatoms. The number of nitrogens with zero attached hydrogens (tertiary/aromatic N) is 2. The Morgan fingerprint density at radius 1 is 1.12 bits per heavy atom. The van der Waals surface area contributed by atoms with Crippen molar-refractivity contribution >= 4 is 16.5 Å². The number of aliphatic hydroxyl groups is 2. The molecule has 2 saturated carbocycles. The number of anilines is 1. The van der Waals surface area contributed by atoms with E-state index in [0.717, 1.165) is 16.4 Å². The monoisotopic (exact) mass is 390 g/mol. The first-order valence-corrected chi connectivity index (χ1v) is 9.66. The fourth-order valence-electron chi connectivity index (χ4n) is 4.85. The standard InChI is InChI=1S/C16H17F3N2O4S/c17-16(18,19)12-3-8(2-1-7(12)5-20)21-6-11-9-4-10(14(23)13(9)22)15(11)26(21,24)25/h1-3,9-11,13-15,22-25H,4,6H2/t9-,10-,11-,13-,14+,15+/m1/s1. The van der Waals surface area contributed by atoms with Crippen molar-refractivity contribution in [3.05, 3.63) is 29.3 Å². The Kier molecular flexibility index (Phi) is 3.78. The Morgan fingerprint density at radius 3 is 2.38 bits per heavy atom. The van der Waals surface area contributed by atoms with Crippen LogP contribution in [0, 0.1) is 29.1 Å². The van der Waals surface area contributed by atoms with E-state index < -0.39 is 51.5 Å². The Bertz CT molecular complexity index is 797. The smallest absolute Gasteiger partial charge is 0.390 e. The molecule has 142 valence electrons. The third kappa shape index (κ3) is 2.28. The first-order chi connectivity index (χ1) is 12.1. The highest BCUT2D eigenvalue weighted by molar-refractivity contribution is 8.26. The molecule has 1 aromatic rings. The largest absolute Gasteiger partial charge is 0.417 e. The second-order valence-electron chi connectivity index (χ2n) is 7.13. The van der Waals surface area contributed by atoms with Crippen LogP contribution in [-0.4, -0.2) is 43.3 Å². The van der Waals surface area contributed by atoms with Gasteiger partial charge in [0, 0.05) is 18.4 Å². The summed E-state index contributed by atoms with van der Waals surface area (Å²) in [6, 6.07) is 4.52. The minimum Gasteiger partial charge on any atom is -0.390 e. The van der Waals surface area contributed by atoms with E-state index in [9.17, 15) is 32.5 Å². The Balaban J connectivity index is 1.73. The van der Waals surface area contributed by atoms with E-state index in [1.54, 1.807) is 0 Å². The van der Waals surface area contributed by atoms with E-state index >= 15 is 0 Å². The number of alkyl halides is 3. The summed E-state index contributed by atoms with van der Waals surface area (Å²) in [5, 5.41) is 28.4. The third-order valence-corrected chi connectivity index (χ3v) is 8.39. The molecule has 3 fully saturated rings. The van der Waals surface area contributed by atoms with E-state index in [1.807, 2.05) is 0 Å². The number of rotatable bonds is 1. The van der Waals surface area contributed by atoms with Crippen LogP contribution >= 0.6 is 10.8 Å². The predicted octanol–water partition coefficient (Wildman–Crippen LogP) is 2.42. The van der Waals surface area contributed by atoms with E-state index in [2.05, 4.69) is 0 Å². The maximum absolute atomic E-state index is 13.2. The van der Waals surface area contributed by atoms with Gasteiger partial charge in [-0.1, -0.05) is 0 Å². The van der Waals surface area contributed by atoms with Crippen molar-refractivity contribution in [1.29, 1.82) is 5.26 Å². The van der Waals surface area contributed by atoms with Crippen molar-refractivity contribution in [2.45, 2.75) is 30.1 Å². The number of nitriles is 1. The molecule has 3 aliphatic rings. The summed E-state index contributed by atoms with van der Waals surface area (Å²) in [7, 11) is -3.47. The van der Waals surface area contributed by atoms with Gasteiger partial charge >= 0.3 is 6.18 Å². The SMILES string of the molecule is N#Cc1ccc(N2C[C@@H]3[C@H]4C[C@H]([C@H](O)[C@@H]4O)[C@@H]3S2(O)O)cc1C(F)(F)F. The van der Waals surface area contributed by atoms with Crippen molar-refractivity contribution in [2.75, 3.05) is 10.8 Å². The highest BCUT2D eigenvalue weighted by atomic mass is 32.3. The van der Waals surface area contributed by atoms with Gasteiger partial charge in [-0.15, -0.1) is 10.8 Å². The fraction of sp³-hybridized carbons (Fsp3) is 0.562. The lowest BCUT2D eigenvalue weighted by atomic mass is 9.84. The molecule has 1 aromatic carbocycles. The summed E-state index contributed by atoms with van der Waals surface area (Å²) in [6.45, 7) is 0.0845. The van der Waals surface area contributed by atoms with E-state index in [0.29, 0.717) is 6.42 Å². The number of hydrogen-bond acceptors (Lipinski definition) is 6. The molecular formula is C16H17F3N2O4S. The van der Waals surface area contributed by atoms with Gasteiger partial charge in [0.05, 0.1) is 40.3 Å². The maximum atomic E-state index is 13.2. The molecule has 1 aliphatic heterocycles. The highest BCUT2D eigenvalue weighted by Gasteiger charge is 2.66. The quantitative estimate of drug-likeness (QED) is 0.587. The summed E-state index contributed by atoms with van der Waals surface area (Å²) < 4.78 is 62.3. The van der Waals surface area contributed by atoms with Crippen LogP contribution in [0.4, 0.5) is 18.9 Å². The Hall–Kier alpha value is -1.51. The third-order valence-electron chi connectivity index (χ3n) is 5.95. The molecule has 26 heavy (non-hydrogen) atoms. The summed E-state index contributed by atoms with van der Waals surface area (Å²) in [5.74, 6) is -1.11. The minimum atomic E-state index is -4.75. The van der Waals surface area contributed by atoms with E-state index in [1.165, 1.54) is 12.1 Å². The predicted molar refractivity (Wildman–Crippen MR) is 87.2 cm³/mol. The molecular weight excluding hydrogens is 373 g/mol. The minimum absolute atomic E-state index is 0.0332. The molecule has 6 nitrogen and oxygen atoms in total. The fourth-order valence-corrected chi connectivity index (χ4v) is 7.46. The first kappa shape index (κ1) is 17.9. The molecule has 1 heterocycles. The summed E-state index contributed by atoms with van der Waals surface area (Å²) >= 11 is 0. The lowest BCUT2D eigenvalue weighted by molar-refractivity contribution is -0.137. The van der Waals surface area contributed by atoms with Gasteiger partial charge in [-0.2, -0.15) is 18.4 Å². The molecule has 0 aromatic heterocycles. The molecule has 0 spiro atoms. The van der Waals surface area contributed by atoms with Crippen molar-refractivity contribution in [3.8, 4) is 6.07 Å². The molecule has 6 atom stereocenters. The van der Waals surface area contributed by atoms with E-state index in [4.69, 9.17) is 5.26 Å². The lowest BCUT2D eigenvalue weighted by Crippen LogP contribution is -2.44. The molecule has 0 radical (unpaired) electrons. The number of fused-ring (bicyclic) bond motifs is 5. The molecule has 4 N–H and O–H groups in total. The van der Waals surface area contributed by atoms with Gasteiger partial charge in [0.1, 0.15) is 0 Å². The number of halogens is 3. The van der Waals surface area contributed by atoms with Crippen LogP contribution in [0.2, 0.25) is 0 Å². The van der Waals surface area contributed by atoms with E-state index in [-0.39, 0.29) is 24.1 Å². The molecule has 2 bridgehead atoms. The lowest BCUT2D eigenvalue weighted by Gasteiger charge is -2.45. The molecule has 2 aliphatic carbocycles. The summed E-state index contributed by atoms with van der Waals surface area (Å²) in [5.41, 5.74) is -1.70. The van der Waals surface area contributed by atoms with Gasteiger partial charge in [-0.25, -0.2) is 0 Å². The van der Waals surface area contributed by atoms with Gasteiger partial charge in [-0.05, 0) is 30.5 Å². The Labute approximate surface area is 149 Å². The van der Waals surface area contributed by atoms with Crippen LogP contribution in [0.25, 0.3) is 0 Å². The van der Waals surface area contributed by atoms with Crippen LogP contribution in [0.5, 0.6) is 0 Å². The number of benzene rings is 1. The zero-order chi connectivity index (χ0) is 19.0. The van der Waals surface area contributed by atoms with Crippen molar-refractivity contribution in [2.24, 2.45) is 17.8 Å². The van der Waals surface area contributed by atoms with Gasteiger partial charge < -0.3 is 10.2 Å². The van der Waals surface area contributed by atoms with Gasteiger partial charge in [0.25, 0.3) is 0 Å². The molecule has 1 saturated heterocycles. The van der Waals surface area contributed by atoms with Gasteiger partial charge in [-0.3, -0.25) is 13.4 Å². The van der Waals surface area contributed by atoms with Crippen LogP contribution in [0.3, 0.4) is 0 Å². The normalized spacial score (nSPS) is 38.9. The average molecular weight is 390 g/mol. The van der Waals surface area contributed by atoms with Gasteiger partial charge in [0.15, 0.2) is 0 Å². The first-order valence-electron chi connectivity index (χ1n) is 8.09. The average Bonchev–Trinajstić information content (AvgIpc) is 3.17. The molecule has 0 amide bonds. The van der Waals surface area contributed by atoms with Crippen LogP contribution in [0.1, 0.15) is 17.5 Å². The maximum Gasteiger partial charge on any atom is 0.417 e. The topological polar surface area (TPSA) is 108 Å². The van der Waals surface area contributed by atoms with Crippen LogP contribution in [0.15, 0.2) is 18.2 Å². The molecule has 0 unspecified atom stereocenters. The highest BCUT2D eigenvalue weighted by Crippen LogP contribution is 2.69.